The number of hydrogen-bond acceptors (Lipinski definition) is 7. The maximum Gasteiger partial charge on any atom is 0.411 e. The molecule has 0 aliphatic carbocycles. The van der Waals surface area contributed by atoms with Crippen LogP contribution in [0.15, 0.2) is 42.5 Å². The molecule has 0 bridgehead atoms. The van der Waals surface area contributed by atoms with Crippen molar-refractivity contribution in [1.82, 2.24) is 9.80 Å². The third-order valence-electron chi connectivity index (χ3n) is 6.01. The van der Waals surface area contributed by atoms with E-state index in [0.29, 0.717) is 16.8 Å². The Morgan fingerprint density at radius 3 is 2.36 bits per heavy atom. The van der Waals surface area contributed by atoms with Gasteiger partial charge in [0.2, 0.25) is 0 Å². The zero-order valence-corrected chi connectivity index (χ0v) is 20.7. The number of likely N-dealkylation sites (tertiary alicyclic amines) is 1. The number of para-hydroxylation sites is 1. The number of nitrogens with one attached hydrogen (secondary N) is 1. The van der Waals surface area contributed by atoms with Gasteiger partial charge in [0.25, 0.3) is 0 Å². The minimum absolute atomic E-state index is 0.0175. The van der Waals surface area contributed by atoms with Crippen molar-refractivity contribution in [3.8, 4) is 0 Å². The number of halogens is 1. The Hall–Kier alpha value is -3.82. The zero-order valence-electron chi connectivity index (χ0n) is 20.7. The van der Waals surface area contributed by atoms with E-state index in [4.69, 9.17) is 14.2 Å². The van der Waals surface area contributed by atoms with Crippen LogP contribution in [-0.4, -0.2) is 59.4 Å². The van der Waals surface area contributed by atoms with E-state index >= 15 is 0 Å². The van der Waals surface area contributed by atoms with E-state index < -0.39 is 41.7 Å². The fraction of sp³-hybridized carbons (Fsp3) is 0.423. The molecule has 2 aromatic carbocycles. The molecule has 2 heterocycles. The summed E-state index contributed by atoms with van der Waals surface area (Å²) in [7, 11) is 1.23. The van der Waals surface area contributed by atoms with Crippen molar-refractivity contribution >= 4 is 29.5 Å². The smallest absolute Gasteiger partial charge is 0.411 e. The second-order valence-electron chi connectivity index (χ2n) is 9.81. The maximum atomic E-state index is 14.6. The number of amides is 2. The standard InChI is InChI=1S/C26H30FN3O6/c1-26(2,3)36-25(33)30-13-17(12-22(30)23(31)34-4)35-24(32)29-14-18-19(15-29)21(11-10-20(18)27)28-16-8-6-5-7-9-16/h5-11,17,22,28H,12-15H2,1-4H3/t17-,22+/m1/s1. The third-order valence-corrected chi connectivity index (χ3v) is 6.01. The Kier molecular flexibility index (Phi) is 7.05. The Labute approximate surface area is 209 Å². The predicted octanol–water partition coefficient (Wildman–Crippen LogP) is 4.57. The first-order valence-corrected chi connectivity index (χ1v) is 11.7. The van der Waals surface area contributed by atoms with E-state index in [2.05, 4.69) is 5.32 Å². The van der Waals surface area contributed by atoms with Gasteiger partial charge < -0.3 is 19.5 Å². The Morgan fingerprint density at radius 2 is 1.69 bits per heavy atom. The van der Waals surface area contributed by atoms with Crippen LogP contribution in [-0.2, 0) is 32.1 Å². The lowest BCUT2D eigenvalue weighted by Gasteiger charge is -2.27. The lowest BCUT2D eigenvalue weighted by molar-refractivity contribution is -0.145. The summed E-state index contributed by atoms with van der Waals surface area (Å²) in [5, 5.41) is 3.27. The lowest BCUT2D eigenvalue weighted by Crippen LogP contribution is -2.44. The highest BCUT2D eigenvalue weighted by Gasteiger charge is 2.44. The highest BCUT2D eigenvalue weighted by molar-refractivity contribution is 5.82. The van der Waals surface area contributed by atoms with Crippen LogP contribution in [0.2, 0.25) is 0 Å². The number of benzene rings is 2. The first kappa shape index (κ1) is 25.3. The molecule has 9 nitrogen and oxygen atoms in total. The molecule has 2 aliphatic rings. The number of anilines is 2. The second kappa shape index (κ2) is 10.0. The number of ether oxygens (including phenoxy) is 3. The van der Waals surface area contributed by atoms with Gasteiger partial charge in [-0.1, -0.05) is 18.2 Å². The van der Waals surface area contributed by atoms with E-state index in [-0.39, 0.29) is 26.1 Å². The second-order valence-corrected chi connectivity index (χ2v) is 9.81. The summed E-state index contributed by atoms with van der Waals surface area (Å²) in [5.41, 5.74) is 1.88. The van der Waals surface area contributed by atoms with Crippen LogP contribution < -0.4 is 5.32 Å². The van der Waals surface area contributed by atoms with Crippen molar-refractivity contribution in [2.45, 2.75) is 58.0 Å². The number of fused-ring (bicyclic) bond motifs is 1. The Morgan fingerprint density at radius 1 is 1.00 bits per heavy atom. The number of hydrogen-bond donors (Lipinski definition) is 1. The summed E-state index contributed by atoms with van der Waals surface area (Å²) in [6, 6.07) is 11.5. The van der Waals surface area contributed by atoms with Gasteiger partial charge in [-0.2, -0.15) is 0 Å². The number of carbonyl (C=O) groups excluding carboxylic acids is 3. The molecule has 192 valence electrons. The molecule has 1 fully saturated rings. The molecule has 0 aromatic heterocycles. The zero-order chi connectivity index (χ0) is 26.0. The fourth-order valence-electron chi connectivity index (χ4n) is 4.36. The fourth-order valence-corrected chi connectivity index (χ4v) is 4.36. The normalized spacial score (nSPS) is 19.0. The molecule has 0 saturated carbocycles. The van der Waals surface area contributed by atoms with Crippen LogP contribution in [0.5, 0.6) is 0 Å². The summed E-state index contributed by atoms with van der Waals surface area (Å²) in [6.07, 6.45) is -2.02. The van der Waals surface area contributed by atoms with Gasteiger partial charge in [-0.3, -0.25) is 9.80 Å². The van der Waals surface area contributed by atoms with Gasteiger partial charge >= 0.3 is 18.2 Å². The molecule has 0 spiro atoms. The van der Waals surface area contributed by atoms with Crippen LogP contribution >= 0.6 is 0 Å². The van der Waals surface area contributed by atoms with Crippen molar-refractivity contribution in [2.75, 3.05) is 19.0 Å². The molecule has 2 aliphatic heterocycles. The van der Waals surface area contributed by atoms with Crippen LogP contribution in [0.4, 0.5) is 25.4 Å². The summed E-state index contributed by atoms with van der Waals surface area (Å²) in [4.78, 5) is 40.6. The van der Waals surface area contributed by atoms with Gasteiger partial charge in [0.15, 0.2) is 0 Å². The molecule has 2 atom stereocenters. The molecular formula is C26H30FN3O6. The Bertz CT molecular complexity index is 1150. The quantitative estimate of drug-likeness (QED) is 0.486. The van der Waals surface area contributed by atoms with Gasteiger partial charge in [-0.25, -0.2) is 18.8 Å². The van der Waals surface area contributed by atoms with Gasteiger partial charge in [0.1, 0.15) is 23.6 Å². The van der Waals surface area contributed by atoms with E-state index in [1.165, 1.54) is 23.0 Å². The SMILES string of the molecule is COC(=O)[C@@H]1C[C@@H](OC(=O)N2Cc3c(F)ccc(Nc4ccccc4)c3C2)CN1C(=O)OC(C)(C)C. The van der Waals surface area contributed by atoms with Crippen LogP contribution in [0.3, 0.4) is 0 Å². The number of carbonyl (C=O) groups is 3. The van der Waals surface area contributed by atoms with Gasteiger partial charge in [0.05, 0.1) is 26.7 Å². The Balaban J connectivity index is 1.44. The van der Waals surface area contributed by atoms with Crippen molar-refractivity contribution in [1.29, 1.82) is 0 Å². The molecular weight excluding hydrogens is 469 g/mol. The molecule has 0 unspecified atom stereocenters. The minimum atomic E-state index is -0.933. The number of nitrogens with zero attached hydrogens (tertiary/aromatic N) is 2. The van der Waals surface area contributed by atoms with E-state index in [9.17, 15) is 18.8 Å². The van der Waals surface area contributed by atoms with Crippen LogP contribution in [0.1, 0.15) is 38.3 Å². The molecule has 4 rings (SSSR count). The average Bonchev–Trinajstić information content (AvgIpc) is 3.46. The van der Waals surface area contributed by atoms with E-state index in [0.717, 1.165) is 5.69 Å². The summed E-state index contributed by atoms with van der Waals surface area (Å²) in [5.74, 6) is -1.02. The monoisotopic (exact) mass is 499 g/mol. The topological polar surface area (TPSA) is 97.4 Å². The number of rotatable bonds is 4. The third kappa shape index (κ3) is 5.53. The molecule has 0 radical (unpaired) electrons. The van der Waals surface area contributed by atoms with Crippen molar-refractivity contribution in [2.24, 2.45) is 0 Å². The van der Waals surface area contributed by atoms with Crippen LogP contribution in [0.25, 0.3) is 0 Å². The van der Waals surface area contributed by atoms with Gasteiger partial charge in [-0.05, 0) is 45.0 Å². The largest absolute Gasteiger partial charge is 0.467 e. The van der Waals surface area contributed by atoms with Gasteiger partial charge in [0, 0.05) is 28.9 Å². The summed E-state index contributed by atoms with van der Waals surface area (Å²) >= 11 is 0. The highest BCUT2D eigenvalue weighted by Crippen LogP contribution is 2.34. The summed E-state index contributed by atoms with van der Waals surface area (Å²) < 4.78 is 30.5. The van der Waals surface area contributed by atoms with E-state index in [1.807, 2.05) is 30.3 Å². The highest BCUT2D eigenvalue weighted by atomic mass is 19.1. The molecule has 10 heteroatoms. The maximum absolute atomic E-state index is 14.6. The molecule has 1 N–H and O–H groups in total. The number of esters is 1. The summed E-state index contributed by atoms with van der Waals surface area (Å²) in [6.45, 7) is 5.35. The average molecular weight is 500 g/mol. The molecule has 1 saturated heterocycles. The minimum Gasteiger partial charge on any atom is -0.467 e. The van der Waals surface area contributed by atoms with Gasteiger partial charge in [-0.15, -0.1) is 0 Å². The first-order valence-electron chi connectivity index (χ1n) is 11.7. The number of methoxy groups -OCH3 is 1. The first-order chi connectivity index (χ1) is 17.1. The van der Waals surface area contributed by atoms with E-state index in [1.54, 1.807) is 26.8 Å². The van der Waals surface area contributed by atoms with Crippen LogP contribution in [0, 0.1) is 5.82 Å². The van der Waals surface area contributed by atoms with Crippen molar-refractivity contribution in [3.63, 3.8) is 0 Å². The van der Waals surface area contributed by atoms with Crippen molar-refractivity contribution < 1.29 is 33.0 Å². The molecule has 2 amide bonds. The predicted molar refractivity (Wildman–Crippen MR) is 129 cm³/mol. The lowest BCUT2D eigenvalue weighted by atomic mass is 10.1. The molecule has 2 aromatic rings. The van der Waals surface area contributed by atoms with Crippen molar-refractivity contribution in [3.05, 3.63) is 59.4 Å². The molecule has 36 heavy (non-hydrogen) atoms.